The first-order valence-corrected chi connectivity index (χ1v) is 7.79. The maximum Gasteiger partial charge on any atom is 0.230 e. The summed E-state index contributed by atoms with van der Waals surface area (Å²) in [6, 6.07) is 0. The number of thiazole rings is 1. The van der Waals surface area contributed by atoms with E-state index in [1.54, 1.807) is 11.3 Å². The summed E-state index contributed by atoms with van der Waals surface area (Å²) in [5, 5.41) is 11.3. The summed E-state index contributed by atoms with van der Waals surface area (Å²) in [6.45, 7) is 8.86. The summed E-state index contributed by atoms with van der Waals surface area (Å²) in [6.07, 6.45) is 1.86. The molecule has 6 nitrogen and oxygen atoms in total. The van der Waals surface area contributed by atoms with Crippen molar-refractivity contribution < 1.29 is 4.42 Å². The largest absolute Gasteiger partial charge is 0.424 e. The van der Waals surface area contributed by atoms with Crippen LogP contribution < -0.4 is 4.90 Å². The van der Waals surface area contributed by atoms with E-state index in [1.807, 2.05) is 11.6 Å². The van der Waals surface area contributed by atoms with Crippen molar-refractivity contribution in [1.29, 1.82) is 0 Å². The average molecular weight is 293 g/mol. The van der Waals surface area contributed by atoms with Gasteiger partial charge in [-0.05, 0) is 0 Å². The SMILES string of the molecule is CC(C)c1nnc(CN2CCN(c3nccs3)CC2)o1. The van der Waals surface area contributed by atoms with Crippen LogP contribution in [-0.4, -0.2) is 46.3 Å². The van der Waals surface area contributed by atoms with Crippen LogP contribution in [0.15, 0.2) is 16.0 Å². The molecule has 0 aromatic carbocycles. The van der Waals surface area contributed by atoms with Crippen LogP contribution in [0.5, 0.6) is 0 Å². The van der Waals surface area contributed by atoms with E-state index in [1.165, 1.54) is 0 Å². The van der Waals surface area contributed by atoms with Gasteiger partial charge in [-0.1, -0.05) is 13.8 Å². The Labute approximate surface area is 122 Å². The van der Waals surface area contributed by atoms with Crippen LogP contribution in [0.3, 0.4) is 0 Å². The predicted octanol–water partition coefficient (Wildman–Crippen LogP) is 1.97. The van der Waals surface area contributed by atoms with Gasteiger partial charge in [-0.25, -0.2) is 4.98 Å². The number of hydrogen-bond donors (Lipinski definition) is 0. The molecule has 3 rings (SSSR count). The maximum absolute atomic E-state index is 5.66. The van der Waals surface area contributed by atoms with Gasteiger partial charge in [0.1, 0.15) is 0 Å². The number of anilines is 1. The highest BCUT2D eigenvalue weighted by molar-refractivity contribution is 7.13. The third-order valence-electron chi connectivity index (χ3n) is 3.40. The highest BCUT2D eigenvalue weighted by Crippen LogP contribution is 2.20. The van der Waals surface area contributed by atoms with Crippen molar-refractivity contribution in [3.8, 4) is 0 Å². The summed E-state index contributed by atoms with van der Waals surface area (Å²) < 4.78 is 5.66. The summed E-state index contributed by atoms with van der Waals surface area (Å²) in [5.74, 6) is 1.73. The molecule has 0 atom stereocenters. The van der Waals surface area contributed by atoms with E-state index >= 15 is 0 Å². The van der Waals surface area contributed by atoms with Crippen LogP contribution in [0.25, 0.3) is 0 Å². The van der Waals surface area contributed by atoms with Crippen LogP contribution in [0, 0.1) is 0 Å². The molecule has 108 valence electrons. The maximum atomic E-state index is 5.66. The van der Waals surface area contributed by atoms with Crippen molar-refractivity contribution in [1.82, 2.24) is 20.1 Å². The average Bonchev–Trinajstić information content (AvgIpc) is 3.10. The molecule has 0 N–H and O–H groups in total. The molecule has 1 aliphatic heterocycles. The molecular weight excluding hydrogens is 274 g/mol. The highest BCUT2D eigenvalue weighted by Gasteiger charge is 2.20. The predicted molar refractivity (Wildman–Crippen MR) is 78.0 cm³/mol. The van der Waals surface area contributed by atoms with Crippen molar-refractivity contribution in [2.24, 2.45) is 0 Å². The van der Waals surface area contributed by atoms with E-state index < -0.39 is 0 Å². The Balaban J connectivity index is 1.53. The lowest BCUT2D eigenvalue weighted by atomic mass is 10.2. The number of rotatable bonds is 4. The minimum Gasteiger partial charge on any atom is -0.424 e. The van der Waals surface area contributed by atoms with Gasteiger partial charge in [0.25, 0.3) is 0 Å². The lowest BCUT2D eigenvalue weighted by molar-refractivity contribution is 0.223. The fourth-order valence-corrected chi connectivity index (χ4v) is 2.92. The Hall–Kier alpha value is -1.47. The zero-order valence-corrected chi connectivity index (χ0v) is 12.6. The summed E-state index contributed by atoms with van der Waals surface area (Å²) in [5.41, 5.74) is 0. The molecule has 2 aromatic rings. The highest BCUT2D eigenvalue weighted by atomic mass is 32.1. The zero-order valence-electron chi connectivity index (χ0n) is 11.8. The van der Waals surface area contributed by atoms with Crippen molar-refractivity contribution >= 4 is 16.5 Å². The molecule has 1 saturated heterocycles. The van der Waals surface area contributed by atoms with Gasteiger partial charge in [-0.15, -0.1) is 21.5 Å². The molecule has 3 heterocycles. The minimum atomic E-state index is 0.290. The molecule has 20 heavy (non-hydrogen) atoms. The molecule has 0 aliphatic carbocycles. The Morgan fingerprint density at radius 2 is 2.05 bits per heavy atom. The Kier molecular flexibility index (Phi) is 3.98. The fraction of sp³-hybridized carbons (Fsp3) is 0.615. The third-order valence-corrected chi connectivity index (χ3v) is 4.23. The normalized spacial score (nSPS) is 17.1. The monoisotopic (exact) mass is 293 g/mol. The lowest BCUT2D eigenvalue weighted by Gasteiger charge is -2.33. The molecule has 0 saturated carbocycles. The second-order valence-corrected chi connectivity index (χ2v) is 6.14. The quantitative estimate of drug-likeness (QED) is 0.859. The number of piperazine rings is 1. The lowest BCUT2D eigenvalue weighted by Crippen LogP contribution is -2.46. The topological polar surface area (TPSA) is 58.3 Å². The van der Waals surface area contributed by atoms with Gasteiger partial charge >= 0.3 is 0 Å². The molecule has 1 fully saturated rings. The molecule has 0 radical (unpaired) electrons. The van der Waals surface area contributed by atoms with Crippen molar-refractivity contribution in [2.45, 2.75) is 26.3 Å². The van der Waals surface area contributed by atoms with Crippen LogP contribution in [0.4, 0.5) is 5.13 Å². The first-order valence-electron chi connectivity index (χ1n) is 6.91. The first-order chi connectivity index (χ1) is 9.72. The van der Waals surface area contributed by atoms with Gasteiger partial charge in [0.05, 0.1) is 6.54 Å². The van der Waals surface area contributed by atoms with E-state index in [-0.39, 0.29) is 5.92 Å². The summed E-state index contributed by atoms with van der Waals surface area (Å²) in [7, 11) is 0. The van der Waals surface area contributed by atoms with Gasteiger partial charge in [0.15, 0.2) is 5.13 Å². The Bertz CT molecular complexity index is 531. The number of aromatic nitrogens is 3. The van der Waals surface area contributed by atoms with Gasteiger partial charge in [-0.2, -0.15) is 0 Å². The molecule has 7 heteroatoms. The van der Waals surface area contributed by atoms with E-state index in [9.17, 15) is 0 Å². The van der Waals surface area contributed by atoms with Crippen LogP contribution >= 0.6 is 11.3 Å². The van der Waals surface area contributed by atoms with Crippen molar-refractivity contribution in [3.05, 3.63) is 23.4 Å². The van der Waals surface area contributed by atoms with Crippen LogP contribution in [0.1, 0.15) is 31.5 Å². The minimum absolute atomic E-state index is 0.290. The third kappa shape index (κ3) is 2.99. The van der Waals surface area contributed by atoms with Crippen molar-refractivity contribution in [3.63, 3.8) is 0 Å². The number of nitrogens with zero attached hydrogens (tertiary/aromatic N) is 5. The second kappa shape index (κ2) is 5.88. The molecule has 0 bridgehead atoms. The summed E-state index contributed by atoms with van der Waals surface area (Å²) in [4.78, 5) is 9.03. The van der Waals surface area contributed by atoms with Crippen LogP contribution in [-0.2, 0) is 6.54 Å². The summed E-state index contributed by atoms with van der Waals surface area (Å²) >= 11 is 1.70. The molecule has 1 aliphatic rings. The first kappa shape index (κ1) is 13.5. The van der Waals surface area contributed by atoms with Gasteiger partial charge in [0.2, 0.25) is 11.8 Å². The molecule has 0 spiro atoms. The number of hydrogen-bond acceptors (Lipinski definition) is 7. The van der Waals surface area contributed by atoms with E-state index in [0.29, 0.717) is 0 Å². The zero-order chi connectivity index (χ0) is 13.9. The molecule has 0 amide bonds. The Morgan fingerprint density at radius 3 is 2.65 bits per heavy atom. The van der Waals surface area contributed by atoms with Gasteiger partial charge in [0, 0.05) is 43.7 Å². The van der Waals surface area contributed by atoms with Crippen molar-refractivity contribution in [2.75, 3.05) is 31.1 Å². The fourth-order valence-electron chi connectivity index (χ4n) is 2.22. The smallest absolute Gasteiger partial charge is 0.230 e. The van der Waals surface area contributed by atoms with Crippen LogP contribution in [0.2, 0.25) is 0 Å². The van der Waals surface area contributed by atoms with E-state index in [0.717, 1.165) is 49.6 Å². The second-order valence-electron chi connectivity index (χ2n) is 5.27. The molecule has 2 aromatic heterocycles. The van der Waals surface area contributed by atoms with E-state index in [4.69, 9.17) is 4.42 Å². The molecule has 0 unspecified atom stereocenters. The standard InChI is InChI=1S/C13H19N5OS/c1-10(2)12-16-15-11(19-12)9-17-4-6-18(7-5-17)13-14-3-8-20-13/h3,8,10H,4-7,9H2,1-2H3. The van der Waals surface area contributed by atoms with Gasteiger partial charge < -0.3 is 9.32 Å². The molecular formula is C13H19N5OS. The van der Waals surface area contributed by atoms with Gasteiger partial charge in [-0.3, -0.25) is 4.90 Å². The Morgan fingerprint density at radius 1 is 1.25 bits per heavy atom. The van der Waals surface area contributed by atoms with E-state index in [2.05, 4.69) is 38.8 Å².